The lowest BCUT2D eigenvalue weighted by Crippen LogP contribution is -2.13. The van der Waals surface area contributed by atoms with Crippen LogP contribution in [0.2, 0.25) is 0 Å². The fraction of sp³-hybridized carbons (Fsp3) is 0.250. The van der Waals surface area contributed by atoms with Gasteiger partial charge in [-0.15, -0.1) is 0 Å². The van der Waals surface area contributed by atoms with Gasteiger partial charge in [-0.1, -0.05) is 6.07 Å². The lowest BCUT2D eigenvalue weighted by atomic mass is 10.2. The fourth-order valence-corrected chi connectivity index (χ4v) is 1.79. The predicted molar refractivity (Wildman–Crippen MR) is 80.9 cm³/mol. The summed E-state index contributed by atoms with van der Waals surface area (Å²) >= 11 is 0. The summed E-state index contributed by atoms with van der Waals surface area (Å²) in [5.74, 6) is 1.39. The number of ether oxygens (including phenoxy) is 2. The van der Waals surface area contributed by atoms with Crippen molar-refractivity contribution in [1.29, 1.82) is 0 Å². The van der Waals surface area contributed by atoms with Crippen molar-refractivity contribution in [3.05, 3.63) is 48.2 Å². The highest BCUT2D eigenvalue weighted by molar-refractivity contribution is 6.04. The van der Waals surface area contributed by atoms with Gasteiger partial charge < -0.3 is 14.8 Å². The van der Waals surface area contributed by atoms with E-state index in [0.29, 0.717) is 22.9 Å². The van der Waals surface area contributed by atoms with E-state index in [4.69, 9.17) is 9.47 Å². The Morgan fingerprint density at radius 3 is 2.62 bits per heavy atom. The summed E-state index contributed by atoms with van der Waals surface area (Å²) in [5.41, 5.74) is 0.480. The maximum atomic E-state index is 12.2. The van der Waals surface area contributed by atoms with E-state index in [2.05, 4.69) is 10.3 Å². The summed E-state index contributed by atoms with van der Waals surface area (Å²) in [6.07, 6.45) is 1.66. The van der Waals surface area contributed by atoms with Crippen molar-refractivity contribution >= 4 is 11.7 Å². The molecule has 0 saturated carbocycles. The molecule has 2 rings (SSSR count). The van der Waals surface area contributed by atoms with Gasteiger partial charge in [0.15, 0.2) is 11.5 Å². The molecule has 1 N–H and O–H groups in total. The molecule has 21 heavy (non-hydrogen) atoms. The summed E-state index contributed by atoms with van der Waals surface area (Å²) in [6, 6.07) is 10.4. The van der Waals surface area contributed by atoms with E-state index in [1.807, 2.05) is 19.9 Å². The second-order valence-corrected chi connectivity index (χ2v) is 4.70. The maximum Gasteiger partial charge on any atom is 0.256 e. The first-order chi connectivity index (χ1) is 10.1. The van der Waals surface area contributed by atoms with Gasteiger partial charge in [-0.3, -0.25) is 4.79 Å². The van der Waals surface area contributed by atoms with Crippen LogP contribution in [0, 0.1) is 0 Å². The van der Waals surface area contributed by atoms with Gasteiger partial charge in [-0.25, -0.2) is 4.98 Å². The number of pyridine rings is 1. The second kappa shape index (κ2) is 6.74. The minimum atomic E-state index is -0.247. The molecule has 0 atom stereocenters. The summed E-state index contributed by atoms with van der Waals surface area (Å²) in [5, 5.41) is 2.72. The van der Waals surface area contributed by atoms with Crippen molar-refractivity contribution in [3.63, 3.8) is 0 Å². The molecule has 1 aromatic carbocycles. The number of carbonyl (C=O) groups excluding carboxylic acids is 1. The average Bonchev–Trinajstić information content (AvgIpc) is 2.48. The van der Waals surface area contributed by atoms with Gasteiger partial charge in [0.2, 0.25) is 0 Å². The van der Waals surface area contributed by atoms with E-state index in [1.54, 1.807) is 43.6 Å². The molecule has 1 heterocycles. The summed E-state index contributed by atoms with van der Waals surface area (Å²) in [4.78, 5) is 16.2. The number of benzene rings is 1. The molecule has 0 aliphatic heterocycles. The Bertz CT molecular complexity index is 612. The SMILES string of the molecule is COc1cc(C(=O)Nc2ccccn2)ccc1OC(C)C. The van der Waals surface area contributed by atoms with Crippen molar-refractivity contribution in [2.24, 2.45) is 0 Å². The highest BCUT2D eigenvalue weighted by Gasteiger charge is 2.12. The minimum Gasteiger partial charge on any atom is -0.493 e. The van der Waals surface area contributed by atoms with Gasteiger partial charge in [0, 0.05) is 11.8 Å². The Balaban J connectivity index is 2.18. The molecule has 1 amide bonds. The van der Waals surface area contributed by atoms with Crippen molar-refractivity contribution in [2.45, 2.75) is 20.0 Å². The van der Waals surface area contributed by atoms with Crippen LogP contribution in [0.3, 0.4) is 0 Å². The first-order valence-electron chi connectivity index (χ1n) is 6.67. The molecule has 0 unspecified atom stereocenters. The van der Waals surface area contributed by atoms with Crippen LogP contribution in [-0.4, -0.2) is 24.1 Å². The number of rotatable bonds is 5. The molecule has 0 saturated heterocycles. The number of methoxy groups -OCH3 is 1. The van der Waals surface area contributed by atoms with Crippen molar-refractivity contribution in [1.82, 2.24) is 4.98 Å². The zero-order chi connectivity index (χ0) is 15.2. The van der Waals surface area contributed by atoms with E-state index in [9.17, 15) is 4.79 Å². The van der Waals surface area contributed by atoms with Crippen LogP contribution < -0.4 is 14.8 Å². The first kappa shape index (κ1) is 14.8. The molecule has 5 heteroatoms. The van der Waals surface area contributed by atoms with Crippen LogP contribution in [0.5, 0.6) is 11.5 Å². The lowest BCUT2D eigenvalue weighted by molar-refractivity contribution is 0.102. The van der Waals surface area contributed by atoms with Crippen LogP contribution in [0.25, 0.3) is 0 Å². The lowest BCUT2D eigenvalue weighted by Gasteiger charge is -2.14. The first-order valence-corrected chi connectivity index (χ1v) is 6.67. The van der Waals surface area contributed by atoms with Gasteiger partial charge in [-0.2, -0.15) is 0 Å². The Hall–Kier alpha value is -2.56. The van der Waals surface area contributed by atoms with E-state index in [0.717, 1.165) is 0 Å². The average molecular weight is 286 g/mol. The zero-order valence-corrected chi connectivity index (χ0v) is 12.3. The molecule has 0 aliphatic carbocycles. The standard InChI is InChI=1S/C16H18N2O3/c1-11(2)21-13-8-7-12(10-14(13)20-3)16(19)18-15-6-4-5-9-17-15/h4-11H,1-3H3,(H,17,18,19). The molecule has 5 nitrogen and oxygen atoms in total. The molecular weight excluding hydrogens is 268 g/mol. The molecular formula is C16H18N2O3. The summed E-state index contributed by atoms with van der Waals surface area (Å²) < 4.78 is 10.9. The topological polar surface area (TPSA) is 60.5 Å². The Labute approximate surface area is 123 Å². The van der Waals surface area contributed by atoms with Crippen LogP contribution in [-0.2, 0) is 0 Å². The van der Waals surface area contributed by atoms with Crippen LogP contribution in [0.4, 0.5) is 5.82 Å². The highest BCUT2D eigenvalue weighted by atomic mass is 16.5. The molecule has 2 aromatic rings. The largest absolute Gasteiger partial charge is 0.493 e. The third-order valence-electron chi connectivity index (χ3n) is 2.69. The third-order valence-corrected chi connectivity index (χ3v) is 2.69. The number of nitrogens with one attached hydrogen (secondary N) is 1. The fourth-order valence-electron chi connectivity index (χ4n) is 1.79. The van der Waals surface area contributed by atoms with Gasteiger partial charge in [-0.05, 0) is 44.2 Å². The molecule has 0 aliphatic rings. The van der Waals surface area contributed by atoms with Gasteiger partial charge >= 0.3 is 0 Å². The number of amides is 1. The van der Waals surface area contributed by atoms with Gasteiger partial charge in [0.25, 0.3) is 5.91 Å². The van der Waals surface area contributed by atoms with Crippen molar-refractivity contribution < 1.29 is 14.3 Å². The molecule has 0 fully saturated rings. The smallest absolute Gasteiger partial charge is 0.256 e. The van der Waals surface area contributed by atoms with Crippen molar-refractivity contribution in [3.8, 4) is 11.5 Å². The Kier molecular flexibility index (Phi) is 4.77. The number of aromatic nitrogens is 1. The number of hydrogen-bond acceptors (Lipinski definition) is 4. The Morgan fingerprint density at radius 2 is 2.00 bits per heavy atom. The molecule has 110 valence electrons. The van der Waals surface area contributed by atoms with E-state index in [-0.39, 0.29) is 12.0 Å². The molecule has 0 bridgehead atoms. The van der Waals surface area contributed by atoms with E-state index >= 15 is 0 Å². The third kappa shape index (κ3) is 3.95. The number of nitrogens with zero attached hydrogens (tertiary/aromatic N) is 1. The van der Waals surface area contributed by atoms with E-state index in [1.165, 1.54) is 0 Å². The number of anilines is 1. The quantitative estimate of drug-likeness (QED) is 0.917. The van der Waals surface area contributed by atoms with Crippen LogP contribution in [0.15, 0.2) is 42.6 Å². The van der Waals surface area contributed by atoms with Crippen LogP contribution >= 0.6 is 0 Å². The number of carbonyl (C=O) groups is 1. The van der Waals surface area contributed by atoms with Crippen molar-refractivity contribution in [2.75, 3.05) is 12.4 Å². The second-order valence-electron chi connectivity index (χ2n) is 4.70. The highest BCUT2D eigenvalue weighted by Crippen LogP contribution is 2.29. The maximum absolute atomic E-state index is 12.2. The van der Waals surface area contributed by atoms with Crippen LogP contribution in [0.1, 0.15) is 24.2 Å². The summed E-state index contributed by atoms with van der Waals surface area (Å²) in [7, 11) is 1.54. The minimum absolute atomic E-state index is 0.0343. The molecule has 1 aromatic heterocycles. The summed E-state index contributed by atoms with van der Waals surface area (Å²) in [6.45, 7) is 3.86. The van der Waals surface area contributed by atoms with Gasteiger partial charge in [0.05, 0.1) is 13.2 Å². The predicted octanol–water partition coefficient (Wildman–Crippen LogP) is 3.13. The zero-order valence-electron chi connectivity index (χ0n) is 12.3. The number of hydrogen-bond donors (Lipinski definition) is 1. The molecule has 0 spiro atoms. The molecule has 0 radical (unpaired) electrons. The Morgan fingerprint density at radius 1 is 1.19 bits per heavy atom. The normalized spacial score (nSPS) is 10.3. The van der Waals surface area contributed by atoms with Gasteiger partial charge in [0.1, 0.15) is 5.82 Å². The monoisotopic (exact) mass is 286 g/mol. The van der Waals surface area contributed by atoms with E-state index < -0.39 is 0 Å².